The molecule has 0 aromatic heterocycles. The highest BCUT2D eigenvalue weighted by Crippen LogP contribution is 2.54. The molecule has 2 N–H and O–H groups in total. The third-order valence-corrected chi connectivity index (χ3v) is 6.57. The molecule has 6 heteroatoms. The Morgan fingerprint density at radius 1 is 1.41 bits per heavy atom. The zero-order valence-corrected chi connectivity index (χ0v) is 19.4. The van der Waals surface area contributed by atoms with Gasteiger partial charge in [0, 0.05) is 22.1 Å². The van der Waals surface area contributed by atoms with Gasteiger partial charge in [0.1, 0.15) is 5.82 Å². The first-order valence-corrected chi connectivity index (χ1v) is 10.8. The Kier molecular flexibility index (Phi) is 7.16. The minimum absolute atomic E-state index is 0.0627. The number of carbonyl (C=O) groups is 1. The normalized spacial score (nSPS) is 24.8. The van der Waals surface area contributed by atoms with Crippen LogP contribution in [0.1, 0.15) is 71.8 Å². The first kappa shape index (κ1) is 23.4. The molecular weight excluding hydrogens is 435 g/mol. The molecule has 29 heavy (non-hydrogen) atoms. The SMILES string of the molecule is CCCC1NC(C)=C(C#N)C(c2ccc(F)cc2Br)C1(CCC(C)(C)C)C(=O)O. The molecule has 2 rings (SSSR count). The zero-order chi connectivity index (χ0) is 22.0. The smallest absolute Gasteiger partial charge is 0.312 e. The Bertz CT molecular complexity index is 853. The summed E-state index contributed by atoms with van der Waals surface area (Å²) < 4.78 is 14.3. The molecule has 0 aliphatic carbocycles. The topological polar surface area (TPSA) is 73.1 Å². The molecule has 3 unspecified atom stereocenters. The van der Waals surface area contributed by atoms with E-state index in [2.05, 4.69) is 48.1 Å². The summed E-state index contributed by atoms with van der Waals surface area (Å²) in [5.41, 5.74) is 0.461. The van der Waals surface area contributed by atoms with Gasteiger partial charge in [0.05, 0.1) is 17.1 Å². The lowest BCUT2D eigenvalue weighted by Gasteiger charge is -2.49. The van der Waals surface area contributed by atoms with Gasteiger partial charge >= 0.3 is 5.97 Å². The Morgan fingerprint density at radius 3 is 2.55 bits per heavy atom. The predicted octanol–water partition coefficient (Wildman–Crippen LogP) is 6.14. The van der Waals surface area contributed by atoms with Crippen LogP contribution < -0.4 is 5.32 Å². The summed E-state index contributed by atoms with van der Waals surface area (Å²) in [5.74, 6) is -2.00. The first-order chi connectivity index (χ1) is 13.5. The van der Waals surface area contributed by atoms with E-state index in [0.717, 1.165) is 6.42 Å². The lowest BCUT2D eigenvalue weighted by atomic mass is 9.58. The number of allylic oxidation sites excluding steroid dienone is 2. The summed E-state index contributed by atoms with van der Waals surface area (Å²) in [6.45, 7) is 10.1. The molecule has 0 saturated heterocycles. The molecule has 1 aliphatic heterocycles. The van der Waals surface area contributed by atoms with Gasteiger partial charge in [-0.05, 0) is 49.3 Å². The molecule has 0 amide bonds. The number of nitrogens with one attached hydrogen (secondary N) is 1. The van der Waals surface area contributed by atoms with E-state index in [4.69, 9.17) is 0 Å². The van der Waals surface area contributed by atoms with Gasteiger partial charge in [0.15, 0.2) is 0 Å². The van der Waals surface area contributed by atoms with Crippen molar-refractivity contribution < 1.29 is 14.3 Å². The van der Waals surface area contributed by atoms with E-state index in [1.807, 2.05) is 13.8 Å². The van der Waals surface area contributed by atoms with Crippen LogP contribution in [0.25, 0.3) is 0 Å². The average Bonchev–Trinajstić information content (AvgIpc) is 2.60. The minimum atomic E-state index is -1.21. The molecule has 0 radical (unpaired) electrons. The third kappa shape index (κ3) is 4.66. The van der Waals surface area contributed by atoms with Gasteiger partial charge in [0.2, 0.25) is 0 Å². The Hall–Kier alpha value is -1.87. The van der Waals surface area contributed by atoms with Crippen LogP contribution in [0.15, 0.2) is 33.9 Å². The Labute approximate surface area is 181 Å². The molecule has 0 bridgehead atoms. The summed E-state index contributed by atoms with van der Waals surface area (Å²) in [7, 11) is 0. The maximum atomic E-state index is 13.8. The number of nitrogens with zero attached hydrogens (tertiary/aromatic N) is 1. The number of hydrogen-bond donors (Lipinski definition) is 2. The van der Waals surface area contributed by atoms with Crippen LogP contribution in [0.3, 0.4) is 0 Å². The summed E-state index contributed by atoms with van der Waals surface area (Å²) in [5, 5.41) is 23.9. The third-order valence-electron chi connectivity index (χ3n) is 5.88. The fraction of sp³-hybridized carbons (Fsp3) is 0.565. The van der Waals surface area contributed by atoms with Crippen molar-refractivity contribution in [2.24, 2.45) is 10.8 Å². The maximum Gasteiger partial charge on any atom is 0.312 e. The standard InChI is InChI=1S/C23H30BrFN2O2/c1-6-7-19-23(21(28)29,11-10-22(3,4)5)20(17(13-26)14(2)27-19)16-9-8-15(25)12-18(16)24/h8-9,12,19-20,27H,6-7,10-11H2,1-5H3,(H,28,29). The van der Waals surface area contributed by atoms with E-state index < -0.39 is 23.1 Å². The maximum absolute atomic E-state index is 13.8. The molecule has 0 fully saturated rings. The van der Waals surface area contributed by atoms with Crippen molar-refractivity contribution in [3.63, 3.8) is 0 Å². The number of nitriles is 1. The molecule has 0 saturated carbocycles. The molecule has 158 valence electrons. The van der Waals surface area contributed by atoms with E-state index in [9.17, 15) is 19.6 Å². The van der Waals surface area contributed by atoms with Crippen molar-refractivity contribution in [1.82, 2.24) is 5.32 Å². The average molecular weight is 465 g/mol. The Balaban J connectivity index is 2.81. The second kappa shape index (κ2) is 8.87. The first-order valence-electron chi connectivity index (χ1n) is 10.0. The highest BCUT2D eigenvalue weighted by atomic mass is 79.9. The van der Waals surface area contributed by atoms with E-state index in [-0.39, 0.29) is 11.5 Å². The van der Waals surface area contributed by atoms with Gasteiger partial charge in [0.25, 0.3) is 0 Å². The van der Waals surface area contributed by atoms with E-state index in [1.165, 1.54) is 12.1 Å². The monoisotopic (exact) mass is 464 g/mol. The fourth-order valence-corrected chi connectivity index (χ4v) is 4.94. The highest BCUT2D eigenvalue weighted by Gasteiger charge is 2.56. The molecule has 1 aromatic carbocycles. The molecule has 0 spiro atoms. The van der Waals surface area contributed by atoms with Gasteiger partial charge in [-0.2, -0.15) is 5.26 Å². The van der Waals surface area contributed by atoms with E-state index in [0.29, 0.717) is 40.6 Å². The van der Waals surface area contributed by atoms with Crippen molar-refractivity contribution in [3.05, 3.63) is 45.3 Å². The molecule has 3 atom stereocenters. The molecule has 1 aliphatic rings. The zero-order valence-electron chi connectivity index (χ0n) is 17.8. The van der Waals surface area contributed by atoms with Gasteiger partial charge in [-0.1, -0.05) is 56.1 Å². The van der Waals surface area contributed by atoms with E-state index in [1.54, 1.807) is 6.07 Å². The van der Waals surface area contributed by atoms with Gasteiger partial charge in [-0.25, -0.2) is 4.39 Å². The quantitative estimate of drug-likeness (QED) is 0.530. The molecule has 1 heterocycles. The van der Waals surface area contributed by atoms with Crippen LogP contribution in [-0.4, -0.2) is 17.1 Å². The molecular formula is C23H30BrFN2O2. The summed E-state index contributed by atoms with van der Waals surface area (Å²) >= 11 is 3.42. The number of carboxylic acid groups (broad SMARTS) is 1. The summed E-state index contributed by atoms with van der Waals surface area (Å²) in [6, 6.07) is 6.21. The van der Waals surface area contributed by atoms with Crippen LogP contribution in [0, 0.1) is 28.0 Å². The number of rotatable bonds is 6. The van der Waals surface area contributed by atoms with Crippen LogP contribution in [0.5, 0.6) is 0 Å². The van der Waals surface area contributed by atoms with Crippen molar-refractivity contribution in [2.45, 2.75) is 72.3 Å². The fourth-order valence-electron chi connectivity index (χ4n) is 4.36. The van der Waals surface area contributed by atoms with Crippen molar-refractivity contribution in [2.75, 3.05) is 0 Å². The largest absolute Gasteiger partial charge is 0.481 e. The number of hydrogen-bond acceptors (Lipinski definition) is 3. The molecule has 4 nitrogen and oxygen atoms in total. The highest BCUT2D eigenvalue weighted by molar-refractivity contribution is 9.10. The number of carboxylic acids is 1. The van der Waals surface area contributed by atoms with Gasteiger partial charge in [-0.15, -0.1) is 0 Å². The molecule has 1 aromatic rings. The number of benzene rings is 1. The van der Waals surface area contributed by atoms with Gasteiger partial charge in [-0.3, -0.25) is 4.79 Å². The second-order valence-electron chi connectivity index (χ2n) is 9.14. The van der Waals surface area contributed by atoms with Crippen LogP contribution in [0.4, 0.5) is 4.39 Å². The predicted molar refractivity (Wildman–Crippen MR) is 116 cm³/mol. The van der Waals surface area contributed by atoms with Crippen molar-refractivity contribution >= 4 is 21.9 Å². The number of aliphatic carboxylic acids is 1. The summed E-state index contributed by atoms with van der Waals surface area (Å²) in [4.78, 5) is 12.9. The summed E-state index contributed by atoms with van der Waals surface area (Å²) in [6.07, 6.45) is 2.58. The van der Waals surface area contributed by atoms with Crippen LogP contribution >= 0.6 is 15.9 Å². The van der Waals surface area contributed by atoms with Crippen molar-refractivity contribution in [1.29, 1.82) is 5.26 Å². The van der Waals surface area contributed by atoms with Crippen LogP contribution in [0.2, 0.25) is 0 Å². The van der Waals surface area contributed by atoms with Crippen molar-refractivity contribution in [3.8, 4) is 6.07 Å². The number of halogens is 2. The second-order valence-corrected chi connectivity index (χ2v) is 10.00. The van der Waals surface area contributed by atoms with E-state index >= 15 is 0 Å². The lowest BCUT2D eigenvalue weighted by Crippen LogP contribution is -2.57. The lowest BCUT2D eigenvalue weighted by molar-refractivity contribution is -0.153. The minimum Gasteiger partial charge on any atom is -0.481 e. The Morgan fingerprint density at radius 2 is 2.07 bits per heavy atom. The van der Waals surface area contributed by atoms with Gasteiger partial charge < -0.3 is 10.4 Å². The van der Waals surface area contributed by atoms with Crippen LogP contribution in [-0.2, 0) is 4.79 Å².